The maximum atomic E-state index is 12.3. The summed E-state index contributed by atoms with van der Waals surface area (Å²) >= 11 is 0. The second-order valence-corrected chi connectivity index (χ2v) is 13.3. The van der Waals surface area contributed by atoms with Crippen molar-refractivity contribution in [2.45, 2.75) is 161 Å². The van der Waals surface area contributed by atoms with Crippen molar-refractivity contribution in [2.75, 3.05) is 6.61 Å². The van der Waals surface area contributed by atoms with Crippen molar-refractivity contribution >= 4 is 5.91 Å². The van der Waals surface area contributed by atoms with Gasteiger partial charge in [-0.2, -0.15) is 0 Å². The summed E-state index contributed by atoms with van der Waals surface area (Å²) in [5.41, 5.74) is 0. The average Bonchev–Trinajstić information content (AvgIpc) is 3.16. The Kier molecular flexibility index (Phi) is 40.1. The molecular weight excluding hydrogens is 651 g/mol. The molecule has 2 unspecified atom stereocenters. The van der Waals surface area contributed by atoms with E-state index in [4.69, 9.17) is 0 Å². The number of hydrogen-bond donors (Lipinski definition) is 3. The molecule has 0 aromatic carbocycles. The minimum absolute atomic E-state index is 0.116. The summed E-state index contributed by atoms with van der Waals surface area (Å²) in [5, 5.41) is 22.8. The van der Waals surface area contributed by atoms with Crippen molar-refractivity contribution in [3.63, 3.8) is 0 Å². The molecule has 296 valence electrons. The number of nitrogens with one attached hydrogen (secondary N) is 1. The van der Waals surface area contributed by atoms with Gasteiger partial charge < -0.3 is 15.5 Å². The Labute approximate surface area is 326 Å². The van der Waals surface area contributed by atoms with E-state index in [-0.39, 0.29) is 12.5 Å². The molecule has 0 saturated heterocycles. The molecule has 0 fully saturated rings. The van der Waals surface area contributed by atoms with Gasteiger partial charge in [0.1, 0.15) is 0 Å². The molecule has 1 amide bonds. The molecule has 0 bridgehead atoms. The second-order valence-electron chi connectivity index (χ2n) is 13.3. The highest BCUT2D eigenvalue weighted by Crippen LogP contribution is 2.07. The zero-order valence-corrected chi connectivity index (χ0v) is 33.7. The molecule has 0 aliphatic carbocycles. The SMILES string of the molecule is CC/C=C\C/C=C\C/C=C\C/C=C\C/C=C\C/C=C\C/C=C\C/C=C\C/C=C\CCCCCC(=O)NC(CO)C(O)/C=C/CC/C=C/CCCCCC. The van der Waals surface area contributed by atoms with Gasteiger partial charge in [0.2, 0.25) is 5.91 Å². The lowest BCUT2D eigenvalue weighted by Gasteiger charge is -2.19. The first-order valence-corrected chi connectivity index (χ1v) is 20.9. The molecule has 0 aliphatic rings. The van der Waals surface area contributed by atoms with E-state index in [1.165, 1.54) is 25.7 Å². The molecule has 0 aliphatic heterocycles. The molecule has 0 spiro atoms. The number of carbonyl (C=O) groups is 1. The first-order valence-electron chi connectivity index (χ1n) is 20.9. The van der Waals surface area contributed by atoms with Crippen LogP contribution in [-0.4, -0.2) is 34.9 Å². The number of carbonyl (C=O) groups excluding carboxylic acids is 1. The number of rotatable bonds is 35. The molecule has 0 aromatic rings. The predicted molar refractivity (Wildman–Crippen MR) is 234 cm³/mol. The Bertz CT molecular complexity index is 1140. The van der Waals surface area contributed by atoms with E-state index in [1.54, 1.807) is 6.08 Å². The number of amides is 1. The van der Waals surface area contributed by atoms with Gasteiger partial charge in [0.15, 0.2) is 0 Å². The number of unbranched alkanes of at least 4 members (excludes halogenated alkanes) is 8. The fourth-order valence-electron chi connectivity index (χ4n) is 5.18. The van der Waals surface area contributed by atoms with Crippen LogP contribution in [-0.2, 0) is 4.79 Å². The Morgan fingerprint density at radius 1 is 0.472 bits per heavy atom. The van der Waals surface area contributed by atoms with Crippen molar-refractivity contribution < 1.29 is 15.0 Å². The quantitative estimate of drug-likeness (QED) is 0.0450. The van der Waals surface area contributed by atoms with Crippen LogP contribution in [0.3, 0.4) is 0 Å². The minimum atomic E-state index is -0.884. The molecule has 4 nitrogen and oxygen atoms in total. The second kappa shape index (κ2) is 42.9. The van der Waals surface area contributed by atoms with E-state index in [0.717, 1.165) is 103 Å². The fourth-order valence-corrected chi connectivity index (χ4v) is 5.18. The summed E-state index contributed by atoms with van der Waals surface area (Å²) in [4.78, 5) is 12.3. The van der Waals surface area contributed by atoms with Crippen LogP contribution in [0.4, 0.5) is 0 Å². The third-order valence-electron chi connectivity index (χ3n) is 8.37. The molecule has 0 rings (SSSR count). The minimum Gasteiger partial charge on any atom is -0.394 e. The molecular formula is C49H77NO3. The highest BCUT2D eigenvalue weighted by atomic mass is 16.3. The molecule has 3 N–H and O–H groups in total. The smallest absolute Gasteiger partial charge is 0.220 e. The van der Waals surface area contributed by atoms with Gasteiger partial charge >= 0.3 is 0 Å². The Hall–Kier alpha value is -3.47. The number of hydrogen-bond acceptors (Lipinski definition) is 3. The van der Waals surface area contributed by atoms with Crippen molar-refractivity contribution in [3.8, 4) is 0 Å². The largest absolute Gasteiger partial charge is 0.394 e. The molecule has 53 heavy (non-hydrogen) atoms. The van der Waals surface area contributed by atoms with E-state index < -0.39 is 12.1 Å². The third kappa shape index (κ3) is 39.6. The van der Waals surface area contributed by atoms with Crippen molar-refractivity contribution in [1.29, 1.82) is 0 Å². The molecule has 4 heteroatoms. The van der Waals surface area contributed by atoms with Gasteiger partial charge in [-0.15, -0.1) is 0 Å². The molecule has 2 atom stereocenters. The van der Waals surface area contributed by atoms with E-state index in [1.807, 2.05) is 6.08 Å². The first kappa shape index (κ1) is 49.5. The predicted octanol–water partition coefficient (Wildman–Crippen LogP) is 13.2. The van der Waals surface area contributed by atoms with Gasteiger partial charge in [0, 0.05) is 6.42 Å². The van der Waals surface area contributed by atoms with Crippen LogP contribution in [0.15, 0.2) is 134 Å². The zero-order chi connectivity index (χ0) is 38.6. The van der Waals surface area contributed by atoms with Gasteiger partial charge in [0.05, 0.1) is 18.8 Å². The number of aliphatic hydroxyl groups excluding tert-OH is 2. The monoisotopic (exact) mass is 728 g/mol. The first-order chi connectivity index (χ1) is 26.2. The van der Waals surface area contributed by atoms with E-state index >= 15 is 0 Å². The molecule has 0 heterocycles. The van der Waals surface area contributed by atoms with Gasteiger partial charge in [-0.1, -0.05) is 173 Å². The highest BCUT2D eigenvalue weighted by Gasteiger charge is 2.17. The van der Waals surface area contributed by atoms with Crippen LogP contribution >= 0.6 is 0 Å². The number of aliphatic hydroxyl groups is 2. The summed E-state index contributed by atoms with van der Waals surface area (Å²) in [6.45, 7) is 4.10. The van der Waals surface area contributed by atoms with Crippen LogP contribution in [0, 0.1) is 0 Å². The maximum Gasteiger partial charge on any atom is 0.220 e. The van der Waals surface area contributed by atoms with Gasteiger partial charge in [-0.05, 0) is 103 Å². The third-order valence-corrected chi connectivity index (χ3v) is 8.37. The van der Waals surface area contributed by atoms with E-state index in [9.17, 15) is 15.0 Å². The van der Waals surface area contributed by atoms with Crippen molar-refractivity contribution in [3.05, 3.63) is 134 Å². The van der Waals surface area contributed by atoms with Gasteiger partial charge in [-0.25, -0.2) is 0 Å². The normalized spacial score (nSPS) is 14.4. The average molecular weight is 728 g/mol. The lowest BCUT2D eigenvalue weighted by atomic mass is 10.1. The summed E-state index contributed by atoms with van der Waals surface area (Å²) in [6.07, 6.45) is 68.4. The molecule has 0 radical (unpaired) electrons. The lowest BCUT2D eigenvalue weighted by Crippen LogP contribution is -2.45. The topological polar surface area (TPSA) is 69.6 Å². The standard InChI is InChI=1S/C49H77NO3/c1-3-5-7-9-11-13-15-16-17-18-19-20-21-22-23-24-25-26-27-28-29-30-31-32-33-34-35-37-39-41-43-45-49(53)50-47(46-51)48(52)44-42-40-38-36-14-12-10-8-6-4-2/h5,7,11,13-14,16-17,19-20,22-23,25-26,28-29,31-32,34-36,42,44,47-48,51-52H,3-4,6,8-10,12,15,18,21,24,27,30,33,37-41,43,45-46H2,1-2H3,(H,50,53)/b7-5-,13-11-,17-16-,20-19-,23-22-,26-25-,29-28-,32-31-,35-34-,36-14+,44-42+. The van der Waals surface area contributed by atoms with Crippen LogP contribution in [0.2, 0.25) is 0 Å². The van der Waals surface area contributed by atoms with Crippen LogP contribution in [0.1, 0.15) is 149 Å². The van der Waals surface area contributed by atoms with Crippen molar-refractivity contribution in [2.24, 2.45) is 0 Å². The van der Waals surface area contributed by atoms with E-state index in [0.29, 0.717) is 6.42 Å². The summed E-state index contributed by atoms with van der Waals surface area (Å²) < 4.78 is 0. The summed E-state index contributed by atoms with van der Waals surface area (Å²) in [7, 11) is 0. The lowest BCUT2D eigenvalue weighted by molar-refractivity contribution is -0.123. The molecule has 0 saturated carbocycles. The summed E-state index contributed by atoms with van der Waals surface area (Å²) in [6, 6.07) is -0.665. The van der Waals surface area contributed by atoms with Crippen LogP contribution in [0.5, 0.6) is 0 Å². The highest BCUT2D eigenvalue weighted by molar-refractivity contribution is 5.76. The van der Waals surface area contributed by atoms with Crippen molar-refractivity contribution in [1.82, 2.24) is 5.32 Å². The maximum absolute atomic E-state index is 12.3. The number of allylic oxidation sites excluding steroid dienone is 21. The van der Waals surface area contributed by atoms with Gasteiger partial charge in [-0.3, -0.25) is 4.79 Å². The zero-order valence-electron chi connectivity index (χ0n) is 33.7. The van der Waals surface area contributed by atoms with Gasteiger partial charge in [0.25, 0.3) is 0 Å². The van der Waals surface area contributed by atoms with Crippen LogP contribution < -0.4 is 5.32 Å². The van der Waals surface area contributed by atoms with Crippen LogP contribution in [0.25, 0.3) is 0 Å². The fraction of sp³-hybridized carbons (Fsp3) is 0.531. The Balaban J connectivity index is 3.78. The summed E-state index contributed by atoms with van der Waals surface area (Å²) in [5.74, 6) is -0.116. The van der Waals surface area contributed by atoms with E-state index in [2.05, 4.69) is 141 Å². The Morgan fingerprint density at radius 2 is 0.849 bits per heavy atom. The Morgan fingerprint density at radius 3 is 1.28 bits per heavy atom. The molecule has 0 aromatic heterocycles.